The number of nitrogens with zero attached hydrogens (tertiary/aromatic N) is 1. The minimum absolute atomic E-state index is 0.00448. The molecule has 4 rings (SSSR count). The summed E-state index contributed by atoms with van der Waals surface area (Å²) in [5, 5.41) is 9.43. The number of likely N-dealkylation sites (N-methyl/N-ethyl adjacent to an activating group) is 1. The molecule has 7 unspecified atom stereocenters. The van der Waals surface area contributed by atoms with Gasteiger partial charge in [0.25, 0.3) is 0 Å². The van der Waals surface area contributed by atoms with Crippen LogP contribution in [0.4, 0.5) is 39.5 Å². The summed E-state index contributed by atoms with van der Waals surface area (Å²) >= 11 is 0. The number of rotatable bonds is 23. The van der Waals surface area contributed by atoms with Gasteiger partial charge in [-0.3, -0.25) is 0 Å². The molecule has 0 spiro atoms. The number of hydrogen-bond donors (Lipinski definition) is 2. The van der Waals surface area contributed by atoms with Gasteiger partial charge in [-0.05, 0) is 125 Å². The molecule has 0 aliphatic heterocycles. The second-order valence-corrected chi connectivity index (χ2v) is 20.8. The van der Waals surface area contributed by atoms with Crippen LogP contribution in [0.3, 0.4) is 0 Å². The molecule has 0 amide bonds. The van der Waals surface area contributed by atoms with E-state index in [9.17, 15) is 49.2 Å². The van der Waals surface area contributed by atoms with E-state index >= 15 is 0 Å². The lowest BCUT2D eigenvalue weighted by atomic mass is 9.55. The van der Waals surface area contributed by atoms with Crippen molar-refractivity contribution >= 4 is 29.8 Å². The van der Waals surface area contributed by atoms with Gasteiger partial charge in [0, 0.05) is 40.7 Å². The number of ether oxygens (including phenoxy) is 3. The third-order valence-corrected chi connectivity index (χ3v) is 16.2. The van der Waals surface area contributed by atoms with Crippen LogP contribution in [0.15, 0.2) is 18.2 Å². The van der Waals surface area contributed by atoms with Gasteiger partial charge in [-0.25, -0.2) is 0 Å². The summed E-state index contributed by atoms with van der Waals surface area (Å²) in [5.41, 5.74) is -3.71. The van der Waals surface area contributed by atoms with Gasteiger partial charge in [0.15, 0.2) is 0 Å². The standard InChI is InChI=1S/C39H57F9NO7PS2/c1-34(2,59-58-22-6-5-7-26(24-50)25-56-57(51)52)16-19-53-28-9-11-29-27(23-28)8-10-31-30(29)14-15-35(3)32(31)12-13-33(35)54-20-17-49(4)18-21-55-36(37(40,41)42,38(43,44)45)39(46,47)48/h9,11,23,26,30-33,50H,5-8,10,12-22,24-25H2,1-4H3/p+1. The average molecular weight is 919 g/mol. The third-order valence-electron chi connectivity index (χ3n) is 12.4. The van der Waals surface area contributed by atoms with Crippen LogP contribution in [0, 0.1) is 23.2 Å². The van der Waals surface area contributed by atoms with Crippen molar-refractivity contribution in [2.75, 3.05) is 58.9 Å². The predicted molar refractivity (Wildman–Crippen MR) is 210 cm³/mol. The van der Waals surface area contributed by atoms with Gasteiger partial charge in [-0.15, -0.1) is 9.42 Å². The van der Waals surface area contributed by atoms with E-state index in [-0.39, 0.29) is 48.5 Å². The monoisotopic (exact) mass is 918 g/mol. The van der Waals surface area contributed by atoms with Crippen molar-refractivity contribution in [3.8, 4) is 5.75 Å². The van der Waals surface area contributed by atoms with Crippen molar-refractivity contribution in [1.82, 2.24) is 4.90 Å². The number of alkyl halides is 9. The molecule has 3 aliphatic rings. The SMILES string of the molecule is CN(CCOC1CCC2C3CCc4cc(OCCC(C)(C)SSCCCCC(CO)CO[P+](=O)O)ccc4C3CCC12C)CCOC(C(F)(F)F)(C(F)(F)F)C(F)(F)F. The van der Waals surface area contributed by atoms with Gasteiger partial charge < -0.3 is 24.2 Å². The fourth-order valence-electron chi connectivity index (χ4n) is 9.07. The topological polar surface area (TPSA) is 97.7 Å². The van der Waals surface area contributed by atoms with E-state index in [1.54, 1.807) is 0 Å². The molecule has 1 aromatic carbocycles. The van der Waals surface area contributed by atoms with Gasteiger partial charge in [0.2, 0.25) is 0 Å². The Kier molecular flexibility index (Phi) is 18.1. The van der Waals surface area contributed by atoms with Crippen LogP contribution in [0.5, 0.6) is 5.75 Å². The first-order valence-electron chi connectivity index (χ1n) is 20.1. The molecule has 2 fully saturated rings. The maximum absolute atomic E-state index is 13.2. The van der Waals surface area contributed by atoms with E-state index in [1.807, 2.05) is 21.6 Å². The Labute approximate surface area is 349 Å². The number of fused-ring (bicyclic) bond motifs is 5. The predicted octanol–water partition coefficient (Wildman–Crippen LogP) is 10.7. The van der Waals surface area contributed by atoms with E-state index in [0.717, 1.165) is 75.7 Å². The molecule has 0 heterocycles. The fourth-order valence-corrected chi connectivity index (χ4v) is 12.1. The highest BCUT2D eigenvalue weighted by Gasteiger charge is 2.85. The Morgan fingerprint density at radius 2 is 1.63 bits per heavy atom. The van der Waals surface area contributed by atoms with E-state index in [2.05, 4.69) is 43.7 Å². The number of hydrogen-bond acceptors (Lipinski definition) is 9. The van der Waals surface area contributed by atoms with E-state index in [0.29, 0.717) is 24.4 Å². The molecule has 1 aromatic rings. The second kappa shape index (κ2) is 21.1. The first kappa shape index (κ1) is 50.6. The summed E-state index contributed by atoms with van der Waals surface area (Å²) in [6.45, 7) is 5.36. The van der Waals surface area contributed by atoms with E-state index in [4.69, 9.17) is 18.9 Å². The molecule has 8 nitrogen and oxygen atoms in total. The highest BCUT2D eigenvalue weighted by Crippen LogP contribution is 2.62. The first-order valence-corrected chi connectivity index (χ1v) is 23.5. The molecule has 0 saturated heterocycles. The van der Waals surface area contributed by atoms with Crippen molar-refractivity contribution in [2.24, 2.45) is 23.2 Å². The molecule has 3 aliphatic carbocycles. The van der Waals surface area contributed by atoms with Gasteiger partial charge in [0.05, 0.1) is 25.9 Å². The first-order chi connectivity index (χ1) is 27.5. The molecular weight excluding hydrogens is 861 g/mol. The number of benzene rings is 1. The summed E-state index contributed by atoms with van der Waals surface area (Å²) in [6, 6.07) is 6.45. The van der Waals surface area contributed by atoms with Crippen molar-refractivity contribution in [2.45, 2.75) is 126 Å². The van der Waals surface area contributed by atoms with E-state index in [1.165, 1.54) is 23.1 Å². The lowest BCUT2D eigenvalue weighted by Crippen LogP contribution is -2.68. The molecule has 2 N–H and O–H groups in total. The van der Waals surface area contributed by atoms with Crippen molar-refractivity contribution in [3.05, 3.63) is 29.3 Å². The minimum atomic E-state index is -6.75. The lowest BCUT2D eigenvalue weighted by molar-refractivity contribution is -0.457. The van der Waals surface area contributed by atoms with Crippen LogP contribution in [-0.4, -0.2) is 109 Å². The van der Waals surface area contributed by atoms with Crippen molar-refractivity contribution in [1.29, 1.82) is 0 Å². The zero-order valence-electron chi connectivity index (χ0n) is 33.9. The molecule has 0 aromatic heterocycles. The third kappa shape index (κ3) is 12.8. The van der Waals surface area contributed by atoms with Crippen LogP contribution < -0.4 is 4.74 Å². The quantitative estimate of drug-likeness (QED) is 0.0478. The Balaban J connectivity index is 1.19. The molecule has 2 saturated carbocycles. The maximum Gasteiger partial charge on any atom is 0.694 e. The maximum atomic E-state index is 13.2. The van der Waals surface area contributed by atoms with Crippen molar-refractivity contribution in [3.63, 3.8) is 0 Å². The lowest BCUT2D eigenvalue weighted by Gasteiger charge is -2.50. The van der Waals surface area contributed by atoms with Crippen molar-refractivity contribution < 1.29 is 72.8 Å². The normalized spacial score (nSPS) is 24.8. The second-order valence-electron chi connectivity index (χ2n) is 16.9. The Hall–Kier alpha value is -1.05. The fraction of sp³-hybridized carbons (Fsp3) is 0.846. The van der Waals surface area contributed by atoms with Gasteiger partial charge in [-0.2, -0.15) is 39.5 Å². The van der Waals surface area contributed by atoms with Gasteiger partial charge in [-0.1, -0.05) is 41.0 Å². The van der Waals surface area contributed by atoms with Gasteiger partial charge >= 0.3 is 32.4 Å². The summed E-state index contributed by atoms with van der Waals surface area (Å²) in [6.07, 6.45) is -11.2. The number of aryl methyl sites for hydroxylation is 1. The van der Waals surface area contributed by atoms with Crippen LogP contribution >= 0.6 is 29.8 Å². The Bertz CT molecular complexity index is 1470. The number of unbranched alkanes of at least 4 members (excludes halogenated alkanes) is 1. The summed E-state index contributed by atoms with van der Waals surface area (Å²) in [5.74, 6) is 2.96. The highest BCUT2D eigenvalue weighted by molar-refractivity contribution is 8.77. The molecular formula is C39H58F9NO7PS2+. The molecule has 0 bridgehead atoms. The number of aliphatic hydroxyl groups is 1. The number of halogens is 9. The minimum Gasteiger partial charge on any atom is -0.494 e. The zero-order chi connectivity index (χ0) is 43.9. The summed E-state index contributed by atoms with van der Waals surface area (Å²) < 4.78 is 150. The van der Waals surface area contributed by atoms with Gasteiger partial charge in [0.1, 0.15) is 12.4 Å². The van der Waals surface area contributed by atoms with Crippen LogP contribution in [-0.2, 0) is 25.0 Å². The molecule has 340 valence electrons. The van der Waals surface area contributed by atoms with Crippen LogP contribution in [0.25, 0.3) is 0 Å². The summed E-state index contributed by atoms with van der Waals surface area (Å²) in [4.78, 5) is 10.1. The molecule has 59 heavy (non-hydrogen) atoms. The van der Waals surface area contributed by atoms with Crippen LogP contribution in [0.1, 0.15) is 95.6 Å². The summed E-state index contributed by atoms with van der Waals surface area (Å²) in [7, 11) is 2.36. The Morgan fingerprint density at radius 1 is 0.949 bits per heavy atom. The average Bonchev–Trinajstić information content (AvgIpc) is 3.46. The van der Waals surface area contributed by atoms with E-state index < -0.39 is 45.5 Å². The molecule has 0 radical (unpaired) electrons. The number of aliphatic hydroxyl groups excluding tert-OH is 1. The van der Waals surface area contributed by atoms with Crippen LogP contribution in [0.2, 0.25) is 0 Å². The highest BCUT2D eigenvalue weighted by atomic mass is 33.1. The Morgan fingerprint density at radius 3 is 2.27 bits per heavy atom. The smallest absolute Gasteiger partial charge is 0.494 e. The largest absolute Gasteiger partial charge is 0.694 e. The molecule has 7 atom stereocenters. The zero-order valence-corrected chi connectivity index (χ0v) is 36.4. The molecule has 20 heteroatoms.